The van der Waals surface area contributed by atoms with Crippen LogP contribution >= 0.6 is 0 Å². The van der Waals surface area contributed by atoms with Crippen molar-refractivity contribution < 1.29 is 13.2 Å². The average molecular weight is 316 g/mol. The number of allylic oxidation sites excluding steroid dienone is 1. The highest BCUT2D eigenvalue weighted by molar-refractivity contribution is 7.95. The Labute approximate surface area is 132 Å². The molecule has 0 aliphatic carbocycles. The molecule has 0 aromatic heterocycles. The third-order valence-electron chi connectivity index (χ3n) is 3.65. The van der Waals surface area contributed by atoms with Gasteiger partial charge < -0.3 is 4.74 Å². The monoisotopic (exact) mass is 316 g/mol. The van der Waals surface area contributed by atoms with Crippen LogP contribution in [0.5, 0.6) is 5.75 Å². The molecule has 2 aromatic rings. The summed E-state index contributed by atoms with van der Waals surface area (Å²) in [5, 5.41) is 0. The Morgan fingerprint density at radius 3 is 2.23 bits per heavy atom. The Morgan fingerprint density at radius 1 is 1.09 bits per heavy atom. The van der Waals surface area contributed by atoms with Crippen molar-refractivity contribution in [3.05, 3.63) is 71.6 Å². The zero-order valence-corrected chi connectivity index (χ0v) is 13.6. The van der Waals surface area contributed by atoms with E-state index in [9.17, 15) is 8.42 Å². The van der Waals surface area contributed by atoms with Crippen LogP contribution in [0.2, 0.25) is 0 Å². The van der Waals surface area contributed by atoms with Crippen LogP contribution in [-0.4, -0.2) is 15.5 Å². The first-order valence-electron chi connectivity index (χ1n) is 7.07. The molecule has 1 atom stereocenters. The van der Waals surface area contributed by atoms with Gasteiger partial charge in [0, 0.05) is 4.91 Å². The van der Waals surface area contributed by atoms with Crippen LogP contribution in [0.15, 0.2) is 71.0 Å². The van der Waals surface area contributed by atoms with Crippen LogP contribution in [0.25, 0.3) is 0 Å². The fourth-order valence-corrected chi connectivity index (χ4v) is 3.59. The van der Waals surface area contributed by atoms with E-state index in [0.29, 0.717) is 11.3 Å². The molecule has 3 nitrogen and oxygen atoms in total. The van der Waals surface area contributed by atoms with E-state index < -0.39 is 9.84 Å². The first-order valence-corrected chi connectivity index (χ1v) is 8.55. The molecule has 0 N–H and O–H groups in total. The smallest absolute Gasteiger partial charge is 0.202 e. The Bertz CT molecular complexity index is 732. The van der Waals surface area contributed by atoms with E-state index in [1.165, 1.54) is 0 Å². The molecule has 1 unspecified atom stereocenters. The lowest BCUT2D eigenvalue weighted by Crippen LogP contribution is -2.07. The second-order valence-corrected chi connectivity index (χ2v) is 7.29. The van der Waals surface area contributed by atoms with Gasteiger partial charge >= 0.3 is 0 Å². The van der Waals surface area contributed by atoms with Crippen molar-refractivity contribution in [3.63, 3.8) is 0 Å². The number of sulfone groups is 1. The molecule has 0 heterocycles. The van der Waals surface area contributed by atoms with Gasteiger partial charge in [-0.05, 0) is 42.2 Å². The highest BCUT2D eigenvalue weighted by Crippen LogP contribution is 2.29. The van der Waals surface area contributed by atoms with Gasteiger partial charge in [-0.15, -0.1) is 0 Å². The molecule has 0 bridgehead atoms. The van der Waals surface area contributed by atoms with Crippen LogP contribution in [0.1, 0.15) is 24.8 Å². The second kappa shape index (κ2) is 6.79. The molecule has 4 heteroatoms. The third-order valence-corrected chi connectivity index (χ3v) is 5.47. The highest BCUT2D eigenvalue weighted by atomic mass is 32.2. The van der Waals surface area contributed by atoms with Crippen LogP contribution < -0.4 is 4.74 Å². The lowest BCUT2D eigenvalue weighted by molar-refractivity contribution is 0.414. The molecule has 0 radical (unpaired) electrons. The largest absolute Gasteiger partial charge is 0.497 e. The van der Waals surface area contributed by atoms with E-state index in [1.807, 2.05) is 31.2 Å². The number of hydrogen-bond acceptors (Lipinski definition) is 3. The maximum Gasteiger partial charge on any atom is 0.202 e. The van der Waals surface area contributed by atoms with Gasteiger partial charge in [0.1, 0.15) is 5.75 Å². The summed E-state index contributed by atoms with van der Waals surface area (Å²) in [6.45, 7) is 5.78. The van der Waals surface area contributed by atoms with Gasteiger partial charge in [-0.3, -0.25) is 0 Å². The SMILES string of the molecule is C=C(CC(C)c1ccc(OC)cc1)S(=O)(=O)c1ccccc1. The molecule has 22 heavy (non-hydrogen) atoms. The lowest BCUT2D eigenvalue weighted by atomic mass is 9.98. The van der Waals surface area contributed by atoms with E-state index in [2.05, 4.69) is 6.58 Å². The minimum Gasteiger partial charge on any atom is -0.497 e. The summed E-state index contributed by atoms with van der Waals surface area (Å²) in [5.74, 6) is 0.851. The molecule has 0 spiro atoms. The van der Waals surface area contributed by atoms with Gasteiger partial charge in [0.15, 0.2) is 0 Å². The van der Waals surface area contributed by atoms with Crippen molar-refractivity contribution >= 4 is 9.84 Å². The Kier molecular flexibility index (Phi) is 5.03. The summed E-state index contributed by atoms with van der Waals surface area (Å²) in [5.41, 5.74) is 1.06. The van der Waals surface area contributed by atoms with E-state index in [1.54, 1.807) is 37.4 Å². The normalized spacial score (nSPS) is 12.6. The first-order chi connectivity index (χ1) is 10.4. The summed E-state index contributed by atoms with van der Waals surface area (Å²) in [6.07, 6.45) is 0.392. The zero-order valence-electron chi connectivity index (χ0n) is 12.8. The van der Waals surface area contributed by atoms with Crippen LogP contribution in [0.4, 0.5) is 0 Å². The Hall–Kier alpha value is -2.07. The summed E-state index contributed by atoms with van der Waals surface area (Å²) >= 11 is 0. The fourth-order valence-electron chi connectivity index (χ4n) is 2.27. The molecule has 0 fully saturated rings. The molecule has 2 aromatic carbocycles. The second-order valence-electron chi connectivity index (χ2n) is 5.23. The zero-order chi connectivity index (χ0) is 16.2. The summed E-state index contributed by atoms with van der Waals surface area (Å²) < 4.78 is 30.1. The van der Waals surface area contributed by atoms with E-state index in [0.717, 1.165) is 11.3 Å². The standard InChI is InChI=1S/C18H20O3S/c1-14(16-9-11-17(21-3)12-10-16)13-15(2)22(19,20)18-7-5-4-6-8-18/h4-12,14H,2,13H2,1,3H3. The molecule has 0 saturated carbocycles. The van der Waals surface area contributed by atoms with Crippen molar-refractivity contribution in [2.24, 2.45) is 0 Å². The number of methoxy groups -OCH3 is 1. The topological polar surface area (TPSA) is 43.4 Å². The van der Waals surface area contributed by atoms with Gasteiger partial charge in [0.05, 0.1) is 12.0 Å². The molecule has 0 aliphatic rings. The number of rotatable bonds is 6. The summed E-state index contributed by atoms with van der Waals surface area (Å²) in [7, 11) is -1.86. The fraction of sp³-hybridized carbons (Fsp3) is 0.222. The minimum atomic E-state index is -3.47. The van der Waals surface area contributed by atoms with Crippen molar-refractivity contribution in [2.75, 3.05) is 7.11 Å². The molecule has 0 amide bonds. The number of hydrogen-bond donors (Lipinski definition) is 0. The Morgan fingerprint density at radius 2 is 1.68 bits per heavy atom. The highest BCUT2D eigenvalue weighted by Gasteiger charge is 2.21. The van der Waals surface area contributed by atoms with Gasteiger partial charge in [-0.2, -0.15) is 0 Å². The van der Waals surface area contributed by atoms with E-state index >= 15 is 0 Å². The predicted octanol–water partition coefficient (Wildman–Crippen LogP) is 4.18. The van der Waals surface area contributed by atoms with Crippen molar-refractivity contribution in [3.8, 4) is 5.75 Å². The maximum atomic E-state index is 12.5. The van der Waals surface area contributed by atoms with Crippen LogP contribution in [-0.2, 0) is 9.84 Å². The van der Waals surface area contributed by atoms with Gasteiger partial charge in [-0.25, -0.2) is 8.42 Å². The maximum absolute atomic E-state index is 12.5. The number of ether oxygens (including phenoxy) is 1. The minimum absolute atomic E-state index is 0.0666. The van der Waals surface area contributed by atoms with Crippen LogP contribution in [0, 0.1) is 0 Å². The summed E-state index contributed by atoms with van der Waals surface area (Å²) in [6, 6.07) is 16.1. The van der Waals surface area contributed by atoms with Crippen molar-refractivity contribution in [2.45, 2.75) is 24.2 Å². The first kappa shape index (κ1) is 16.3. The molecule has 0 aliphatic heterocycles. The lowest BCUT2D eigenvalue weighted by Gasteiger charge is -2.15. The molecule has 116 valence electrons. The van der Waals surface area contributed by atoms with Crippen molar-refractivity contribution in [1.29, 1.82) is 0 Å². The average Bonchev–Trinajstić information content (AvgIpc) is 2.55. The Balaban J connectivity index is 2.13. The van der Waals surface area contributed by atoms with Gasteiger partial charge in [0.25, 0.3) is 0 Å². The molecular weight excluding hydrogens is 296 g/mol. The molecule has 2 rings (SSSR count). The van der Waals surface area contributed by atoms with E-state index in [4.69, 9.17) is 4.74 Å². The van der Waals surface area contributed by atoms with Gasteiger partial charge in [-0.1, -0.05) is 43.8 Å². The third kappa shape index (κ3) is 3.57. The van der Waals surface area contributed by atoms with Crippen molar-refractivity contribution in [1.82, 2.24) is 0 Å². The summed E-state index contributed by atoms with van der Waals surface area (Å²) in [4.78, 5) is 0.531. The van der Waals surface area contributed by atoms with E-state index in [-0.39, 0.29) is 10.8 Å². The molecular formula is C18H20O3S. The van der Waals surface area contributed by atoms with Gasteiger partial charge in [0.2, 0.25) is 9.84 Å². The number of benzene rings is 2. The quantitative estimate of drug-likeness (QED) is 0.803. The predicted molar refractivity (Wildman–Crippen MR) is 88.8 cm³/mol. The van der Waals surface area contributed by atoms with Crippen LogP contribution in [0.3, 0.4) is 0 Å². The molecule has 0 saturated heterocycles.